The molecule has 3 unspecified atom stereocenters. The average molecular weight is 562 g/mol. The number of hydrogen-bond donors (Lipinski definition) is 2. The fourth-order valence-corrected chi connectivity index (χ4v) is 7.89. The predicted molar refractivity (Wildman–Crippen MR) is 154 cm³/mol. The van der Waals surface area contributed by atoms with Gasteiger partial charge in [-0.3, -0.25) is 19.2 Å². The summed E-state index contributed by atoms with van der Waals surface area (Å²) in [4.78, 5) is 21.5. The van der Waals surface area contributed by atoms with Gasteiger partial charge in [-0.25, -0.2) is 0 Å². The summed E-state index contributed by atoms with van der Waals surface area (Å²) in [6.45, 7) is 20.8. The Hall–Kier alpha value is -0.580. The maximum Gasteiger partial charge on any atom is 0.345 e. The number of fused-ring (bicyclic) bond motifs is 3. The number of rotatable bonds is 10. The van der Waals surface area contributed by atoms with E-state index in [0.717, 1.165) is 91.1 Å². The molecule has 0 radical (unpaired) electrons. The number of nitrogens with two attached hydrogens (primary N) is 1. The molecule has 2 aliphatic heterocycles. The van der Waals surface area contributed by atoms with Crippen LogP contribution in [0.25, 0.3) is 0 Å². The van der Waals surface area contributed by atoms with Crippen LogP contribution in [0.1, 0.15) is 73.6 Å². The van der Waals surface area contributed by atoms with Gasteiger partial charge in [-0.05, 0) is 86.9 Å². The number of unbranched alkanes of at least 4 members (excludes halogenated alkanes) is 1. The molecule has 2 fully saturated rings. The van der Waals surface area contributed by atoms with Gasteiger partial charge in [-0.15, -0.1) is 0 Å². The Morgan fingerprint density at radius 2 is 1.34 bits per heavy atom. The van der Waals surface area contributed by atoms with Gasteiger partial charge in [0.15, 0.2) is 0 Å². The minimum atomic E-state index is -3.36. The molecule has 38 heavy (non-hydrogen) atoms. The van der Waals surface area contributed by atoms with E-state index in [9.17, 15) is 14.5 Å². The first kappa shape index (κ1) is 33.6. The Kier molecular flexibility index (Phi) is 13.7. The van der Waals surface area contributed by atoms with Crippen LogP contribution in [0.3, 0.4) is 0 Å². The van der Waals surface area contributed by atoms with Crippen molar-refractivity contribution in [2.24, 2.45) is 5.73 Å². The number of hydrogen-bond acceptors (Lipinski definition) is 9. The lowest BCUT2D eigenvalue weighted by Gasteiger charge is -2.38. The van der Waals surface area contributed by atoms with Gasteiger partial charge in [0.2, 0.25) is 0 Å². The zero-order chi connectivity index (χ0) is 28.4. The fourth-order valence-electron chi connectivity index (χ4n) is 5.30. The Morgan fingerprint density at radius 3 is 1.87 bits per heavy atom. The summed E-state index contributed by atoms with van der Waals surface area (Å²) in [5, 5.41) is 9.94. The summed E-state index contributed by atoms with van der Waals surface area (Å²) < 4.78 is 26.1. The summed E-state index contributed by atoms with van der Waals surface area (Å²) in [5.74, 6) is -0.723. The van der Waals surface area contributed by atoms with Crippen molar-refractivity contribution >= 4 is 13.6 Å². The minimum absolute atomic E-state index is 0.284. The first-order valence-electron chi connectivity index (χ1n) is 14.5. The lowest BCUT2D eigenvalue weighted by Crippen LogP contribution is -2.50. The Morgan fingerprint density at radius 1 is 0.816 bits per heavy atom. The molecule has 0 amide bonds. The van der Waals surface area contributed by atoms with E-state index < -0.39 is 30.8 Å². The molecule has 3 atom stereocenters. The Labute approximate surface area is 231 Å². The maximum absolute atomic E-state index is 13.9. The summed E-state index contributed by atoms with van der Waals surface area (Å²) in [6, 6.07) is -0.445. The van der Waals surface area contributed by atoms with Gasteiger partial charge in [0.25, 0.3) is 0 Å². The molecule has 0 aliphatic carbocycles. The summed E-state index contributed by atoms with van der Waals surface area (Å²) in [5.41, 5.74) is 4.51. The van der Waals surface area contributed by atoms with Gasteiger partial charge >= 0.3 is 13.6 Å². The maximum atomic E-state index is 13.9. The van der Waals surface area contributed by atoms with Gasteiger partial charge in [0, 0.05) is 52.4 Å². The normalized spacial score (nSPS) is 24.7. The van der Waals surface area contributed by atoms with Gasteiger partial charge in [-0.2, -0.15) is 0 Å². The van der Waals surface area contributed by atoms with Gasteiger partial charge in [0.05, 0.1) is 11.2 Å². The third kappa shape index (κ3) is 13.2. The van der Waals surface area contributed by atoms with Crippen LogP contribution in [0, 0.1) is 0 Å². The number of nitrogens with zero attached hydrogens (tertiary/aromatic N) is 4. The Bertz CT molecular complexity index is 737. The van der Waals surface area contributed by atoms with Crippen molar-refractivity contribution in [3.05, 3.63) is 0 Å². The molecule has 10 nitrogen and oxygen atoms in total. The van der Waals surface area contributed by atoms with E-state index in [-0.39, 0.29) is 6.29 Å². The van der Waals surface area contributed by atoms with Gasteiger partial charge in [-0.1, -0.05) is 6.42 Å². The SMILES string of the molecule is CC(C)(C)OP(=O)(CN1CCCN2CCN(CCCN(C(CCCCN)C(=O)O)CC2)CC1)OC(C)(C)C. The molecular weight excluding hydrogens is 505 g/mol. The lowest BCUT2D eigenvalue weighted by atomic mass is 10.1. The van der Waals surface area contributed by atoms with Crippen LogP contribution >= 0.6 is 7.60 Å². The minimum Gasteiger partial charge on any atom is -0.480 e. The first-order chi connectivity index (χ1) is 17.7. The molecule has 2 aliphatic rings. The third-order valence-electron chi connectivity index (χ3n) is 6.89. The molecule has 0 aromatic rings. The lowest BCUT2D eigenvalue weighted by molar-refractivity contribution is -0.143. The Balaban J connectivity index is 2.10. The molecule has 0 spiro atoms. The van der Waals surface area contributed by atoms with Crippen LogP contribution in [0.4, 0.5) is 0 Å². The predicted octanol–water partition coefficient (Wildman–Crippen LogP) is 3.36. The monoisotopic (exact) mass is 561 g/mol. The van der Waals surface area contributed by atoms with Crippen LogP contribution in [0.15, 0.2) is 0 Å². The van der Waals surface area contributed by atoms with Crippen LogP contribution in [-0.2, 0) is 18.4 Å². The van der Waals surface area contributed by atoms with E-state index in [1.807, 2.05) is 41.5 Å². The summed E-state index contributed by atoms with van der Waals surface area (Å²) >= 11 is 0. The second kappa shape index (κ2) is 15.4. The molecule has 0 aromatic carbocycles. The van der Waals surface area contributed by atoms with Crippen molar-refractivity contribution in [3.8, 4) is 0 Å². The quantitative estimate of drug-likeness (QED) is 0.304. The van der Waals surface area contributed by atoms with Crippen LogP contribution in [0.5, 0.6) is 0 Å². The molecule has 0 aromatic heterocycles. The van der Waals surface area contributed by atoms with Crippen molar-refractivity contribution < 1.29 is 23.5 Å². The van der Waals surface area contributed by atoms with E-state index in [1.54, 1.807) is 0 Å². The van der Waals surface area contributed by atoms with Gasteiger partial charge < -0.3 is 29.7 Å². The topological polar surface area (TPSA) is 112 Å². The smallest absolute Gasteiger partial charge is 0.345 e. The van der Waals surface area contributed by atoms with Crippen molar-refractivity contribution in [2.45, 2.75) is 90.9 Å². The summed E-state index contributed by atoms with van der Waals surface area (Å²) in [7, 11) is -3.36. The largest absolute Gasteiger partial charge is 0.480 e. The van der Waals surface area contributed by atoms with Crippen molar-refractivity contribution in [1.82, 2.24) is 19.6 Å². The zero-order valence-corrected chi connectivity index (χ0v) is 25.9. The highest BCUT2D eigenvalue weighted by Gasteiger charge is 2.37. The molecule has 2 heterocycles. The third-order valence-corrected chi connectivity index (χ3v) is 9.29. The average Bonchev–Trinajstić information content (AvgIpc) is 2.76. The van der Waals surface area contributed by atoms with Crippen molar-refractivity contribution in [1.29, 1.82) is 0 Å². The van der Waals surface area contributed by atoms with Crippen molar-refractivity contribution in [3.63, 3.8) is 0 Å². The van der Waals surface area contributed by atoms with E-state index in [2.05, 4.69) is 19.6 Å². The molecule has 0 saturated carbocycles. The van der Waals surface area contributed by atoms with Crippen LogP contribution < -0.4 is 5.73 Å². The second-order valence-electron chi connectivity index (χ2n) is 12.8. The number of carboxylic acid groups (broad SMARTS) is 1. The molecule has 3 N–H and O–H groups in total. The molecule has 224 valence electrons. The van der Waals surface area contributed by atoms with E-state index in [1.165, 1.54) is 0 Å². The standard InChI is InChI=1S/C27H56N5O5P/c1-26(2,3)36-38(35,37-27(4,5)6)23-31-15-9-13-30-18-17-29(19-20-31)14-10-16-32(22-21-30)24(25(33)34)11-7-8-12-28/h24H,7-23,28H2,1-6H3,(H,33,34). The number of carboxylic acids is 1. The molecule has 2 rings (SSSR count). The van der Waals surface area contributed by atoms with Crippen LogP contribution in [-0.4, -0.2) is 126 Å². The first-order valence-corrected chi connectivity index (χ1v) is 16.3. The highest BCUT2D eigenvalue weighted by atomic mass is 31.2. The van der Waals surface area contributed by atoms with Crippen LogP contribution in [0.2, 0.25) is 0 Å². The highest BCUT2D eigenvalue weighted by molar-refractivity contribution is 7.53. The number of aliphatic carboxylic acids is 1. The summed E-state index contributed by atoms with van der Waals surface area (Å²) in [6.07, 6.45) is 4.52. The number of carbonyl (C=O) groups is 1. The highest BCUT2D eigenvalue weighted by Crippen LogP contribution is 2.54. The molecule has 11 heteroatoms. The molecule has 2 saturated heterocycles. The zero-order valence-electron chi connectivity index (χ0n) is 25.0. The van der Waals surface area contributed by atoms with E-state index >= 15 is 0 Å². The van der Waals surface area contributed by atoms with E-state index in [0.29, 0.717) is 13.0 Å². The van der Waals surface area contributed by atoms with E-state index in [4.69, 9.17) is 14.8 Å². The fraction of sp³-hybridized carbons (Fsp3) is 0.963. The molecular formula is C27H56N5O5P. The second-order valence-corrected chi connectivity index (χ2v) is 14.7. The van der Waals surface area contributed by atoms with Gasteiger partial charge in [0.1, 0.15) is 12.3 Å². The van der Waals surface area contributed by atoms with Crippen molar-refractivity contribution in [2.75, 3.05) is 78.3 Å². The molecule has 2 bridgehead atoms.